The van der Waals surface area contributed by atoms with Crippen molar-refractivity contribution < 1.29 is 22.7 Å². The minimum atomic E-state index is -3.94. The highest BCUT2D eigenvalue weighted by atomic mass is 32.2. The van der Waals surface area contributed by atoms with E-state index >= 15 is 0 Å². The molecule has 1 aromatic rings. The van der Waals surface area contributed by atoms with Crippen molar-refractivity contribution in [3.05, 3.63) is 23.7 Å². The first kappa shape index (κ1) is 17.7. The van der Waals surface area contributed by atoms with Crippen LogP contribution in [0.15, 0.2) is 16.5 Å². The zero-order valence-corrected chi connectivity index (χ0v) is 13.6. The van der Waals surface area contributed by atoms with Crippen molar-refractivity contribution in [1.29, 1.82) is 0 Å². The van der Waals surface area contributed by atoms with Gasteiger partial charge in [0.1, 0.15) is 11.5 Å². The molecule has 0 amide bonds. The largest absolute Gasteiger partial charge is 0.480 e. The molecule has 8 heteroatoms. The first-order valence-electron chi connectivity index (χ1n) is 6.56. The van der Waals surface area contributed by atoms with Crippen molar-refractivity contribution in [2.24, 2.45) is 0 Å². The van der Waals surface area contributed by atoms with Gasteiger partial charge in [-0.15, -0.1) is 0 Å². The Kier molecular flexibility index (Phi) is 5.94. The number of furan rings is 1. The lowest BCUT2D eigenvalue weighted by molar-refractivity contribution is -0.136. The fraction of sp³-hybridized carbons (Fsp3) is 0.615. The van der Waals surface area contributed by atoms with Crippen LogP contribution in [0.4, 0.5) is 0 Å². The van der Waals surface area contributed by atoms with Gasteiger partial charge < -0.3 is 14.4 Å². The molecule has 1 heterocycles. The first-order valence-corrected chi connectivity index (χ1v) is 8.06. The van der Waals surface area contributed by atoms with Gasteiger partial charge in [0.2, 0.25) is 10.0 Å². The second-order valence-corrected chi connectivity index (χ2v) is 7.43. The van der Waals surface area contributed by atoms with E-state index in [1.165, 1.54) is 6.92 Å². The van der Waals surface area contributed by atoms with Crippen molar-refractivity contribution in [1.82, 2.24) is 9.21 Å². The summed E-state index contributed by atoms with van der Waals surface area (Å²) in [6, 6.07) is 3.44. The molecule has 0 saturated carbocycles. The third kappa shape index (κ3) is 4.83. The molecule has 1 aromatic heterocycles. The summed E-state index contributed by atoms with van der Waals surface area (Å²) in [5.41, 5.74) is 0. The number of rotatable bonds is 8. The molecule has 0 bridgehead atoms. The molecule has 0 aromatic carbocycles. The summed E-state index contributed by atoms with van der Waals surface area (Å²) in [4.78, 5) is 12.8. The third-order valence-electron chi connectivity index (χ3n) is 3.08. The zero-order valence-electron chi connectivity index (χ0n) is 12.7. The van der Waals surface area contributed by atoms with Crippen LogP contribution in [0.1, 0.15) is 18.4 Å². The van der Waals surface area contributed by atoms with Crippen LogP contribution in [0.25, 0.3) is 0 Å². The minimum absolute atomic E-state index is 0.0294. The van der Waals surface area contributed by atoms with E-state index in [-0.39, 0.29) is 13.1 Å². The highest BCUT2D eigenvalue weighted by Crippen LogP contribution is 2.16. The van der Waals surface area contributed by atoms with Crippen LogP contribution >= 0.6 is 0 Å². The van der Waals surface area contributed by atoms with E-state index in [4.69, 9.17) is 9.52 Å². The molecule has 0 radical (unpaired) electrons. The summed E-state index contributed by atoms with van der Waals surface area (Å²) >= 11 is 0. The lowest BCUT2D eigenvalue weighted by Gasteiger charge is -2.24. The Morgan fingerprint density at radius 1 is 1.33 bits per heavy atom. The maximum Gasteiger partial charge on any atom is 0.323 e. The van der Waals surface area contributed by atoms with E-state index < -0.39 is 21.2 Å². The number of sulfonamides is 1. The summed E-state index contributed by atoms with van der Waals surface area (Å²) in [6.45, 7) is 3.66. The Bertz CT molecular complexity index is 579. The molecule has 1 rings (SSSR count). The number of aryl methyl sites for hydroxylation is 1. The second-order valence-electron chi connectivity index (χ2n) is 5.17. The van der Waals surface area contributed by atoms with Gasteiger partial charge in [-0.25, -0.2) is 8.42 Å². The smallest absolute Gasteiger partial charge is 0.323 e. The molecule has 21 heavy (non-hydrogen) atoms. The van der Waals surface area contributed by atoms with Crippen molar-refractivity contribution in [2.75, 3.05) is 27.2 Å². The zero-order chi connectivity index (χ0) is 16.2. The number of carbonyl (C=O) groups is 1. The van der Waals surface area contributed by atoms with Gasteiger partial charge in [-0.1, -0.05) is 0 Å². The Morgan fingerprint density at radius 2 is 1.95 bits per heavy atom. The van der Waals surface area contributed by atoms with Crippen LogP contribution < -0.4 is 0 Å². The number of likely N-dealkylation sites (N-methyl/N-ethyl adjacent to an activating group) is 1. The standard InChI is InChI=1S/C13H22N2O5S/c1-10-5-6-12(20-10)9-15(8-7-14(3)4)21(18,19)11(2)13(16)17/h5-6,11H,7-9H2,1-4H3,(H,16,17). The normalized spacial score (nSPS) is 13.8. The topological polar surface area (TPSA) is 91.1 Å². The summed E-state index contributed by atoms with van der Waals surface area (Å²) in [5.74, 6) is -0.186. The van der Waals surface area contributed by atoms with Gasteiger partial charge in [0, 0.05) is 13.1 Å². The number of aliphatic carboxylic acids is 1. The van der Waals surface area contributed by atoms with Crippen LogP contribution in [0.5, 0.6) is 0 Å². The molecule has 0 aliphatic rings. The number of hydrogen-bond acceptors (Lipinski definition) is 5. The maximum absolute atomic E-state index is 12.4. The Morgan fingerprint density at radius 3 is 2.38 bits per heavy atom. The molecule has 7 nitrogen and oxygen atoms in total. The average Bonchev–Trinajstić information content (AvgIpc) is 2.78. The SMILES string of the molecule is Cc1ccc(CN(CCN(C)C)S(=O)(=O)C(C)C(=O)O)o1. The average molecular weight is 318 g/mol. The van der Waals surface area contributed by atoms with Crippen LogP contribution in [-0.4, -0.2) is 61.1 Å². The molecule has 1 atom stereocenters. The molecule has 0 spiro atoms. The van der Waals surface area contributed by atoms with Crippen molar-refractivity contribution in [3.63, 3.8) is 0 Å². The Balaban J connectivity index is 2.98. The third-order valence-corrected chi connectivity index (χ3v) is 5.21. The van der Waals surface area contributed by atoms with E-state index in [0.29, 0.717) is 18.1 Å². The summed E-state index contributed by atoms with van der Waals surface area (Å²) in [5, 5.41) is 7.48. The van der Waals surface area contributed by atoms with Crippen LogP contribution in [0.3, 0.4) is 0 Å². The first-order chi connectivity index (χ1) is 9.64. The molecule has 0 aliphatic heterocycles. The summed E-state index contributed by atoms with van der Waals surface area (Å²) in [7, 11) is -0.294. The van der Waals surface area contributed by atoms with Crippen LogP contribution in [0.2, 0.25) is 0 Å². The molecular formula is C13H22N2O5S. The van der Waals surface area contributed by atoms with Gasteiger partial charge in [0.05, 0.1) is 6.54 Å². The number of carboxylic acid groups (broad SMARTS) is 1. The fourth-order valence-corrected chi connectivity index (χ4v) is 3.05. The van der Waals surface area contributed by atoms with Crippen LogP contribution in [0, 0.1) is 6.92 Å². The van der Waals surface area contributed by atoms with E-state index in [1.807, 2.05) is 19.0 Å². The summed E-state index contributed by atoms with van der Waals surface area (Å²) < 4.78 is 31.3. The van der Waals surface area contributed by atoms with Gasteiger partial charge in [0.25, 0.3) is 0 Å². The van der Waals surface area contributed by atoms with Gasteiger partial charge in [-0.3, -0.25) is 4.79 Å². The molecule has 1 N–H and O–H groups in total. The Labute approximate surface area is 125 Å². The molecular weight excluding hydrogens is 296 g/mol. The van der Waals surface area contributed by atoms with Crippen molar-refractivity contribution in [3.8, 4) is 0 Å². The van der Waals surface area contributed by atoms with Gasteiger partial charge in [0.15, 0.2) is 5.25 Å². The van der Waals surface area contributed by atoms with Crippen molar-refractivity contribution in [2.45, 2.75) is 25.6 Å². The van der Waals surface area contributed by atoms with E-state index in [1.54, 1.807) is 19.1 Å². The molecule has 0 saturated heterocycles. The van der Waals surface area contributed by atoms with Gasteiger partial charge >= 0.3 is 5.97 Å². The molecule has 1 unspecified atom stereocenters. The van der Waals surface area contributed by atoms with E-state index in [9.17, 15) is 13.2 Å². The molecule has 120 valence electrons. The highest BCUT2D eigenvalue weighted by Gasteiger charge is 2.34. The lowest BCUT2D eigenvalue weighted by atomic mass is 10.4. The van der Waals surface area contributed by atoms with E-state index in [0.717, 1.165) is 4.31 Å². The van der Waals surface area contributed by atoms with Gasteiger partial charge in [-0.2, -0.15) is 4.31 Å². The number of nitrogens with zero attached hydrogens (tertiary/aromatic N) is 2. The highest BCUT2D eigenvalue weighted by molar-refractivity contribution is 7.90. The summed E-state index contributed by atoms with van der Waals surface area (Å²) in [6.07, 6.45) is 0. The van der Waals surface area contributed by atoms with Crippen molar-refractivity contribution >= 4 is 16.0 Å². The van der Waals surface area contributed by atoms with Gasteiger partial charge in [-0.05, 0) is 40.1 Å². The van der Waals surface area contributed by atoms with E-state index in [2.05, 4.69) is 0 Å². The molecule has 0 fully saturated rings. The fourth-order valence-electron chi connectivity index (χ4n) is 1.70. The maximum atomic E-state index is 12.4. The minimum Gasteiger partial charge on any atom is -0.480 e. The number of carboxylic acids is 1. The number of hydrogen-bond donors (Lipinski definition) is 1. The Hall–Kier alpha value is -1.38. The predicted molar refractivity (Wildman–Crippen MR) is 78.4 cm³/mol. The lowest BCUT2D eigenvalue weighted by Crippen LogP contribution is -2.43. The predicted octanol–water partition coefficient (Wildman–Crippen LogP) is 0.755. The monoisotopic (exact) mass is 318 g/mol. The van der Waals surface area contributed by atoms with Crippen LogP contribution in [-0.2, 0) is 21.4 Å². The quantitative estimate of drug-likeness (QED) is 0.761. The molecule has 0 aliphatic carbocycles. The second kappa shape index (κ2) is 7.06.